The number of aliphatic hydroxyl groups is 1. The van der Waals surface area contributed by atoms with Gasteiger partial charge in [0, 0.05) is 24.6 Å². The van der Waals surface area contributed by atoms with Crippen LogP contribution in [0.15, 0.2) is 0 Å². The summed E-state index contributed by atoms with van der Waals surface area (Å²) >= 11 is 1.47. The number of aromatic nitrogens is 2. The van der Waals surface area contributed by atoms with E-state index in [9.17, 15) is 5.11 Å². The molecule has 1 aliphatic heterocycles. The van der Waals surface area contributed by atoms with Crippen molar-refractivity contribution in [3.05, 3.63) is 5.82 Å². The van der Waals surface area contributed by atoms with E-state index in [4.69, 9.17) is 0 Å². The van der Waals surface area contributed by atoms with E-state index in [0.717, 1.165) is 36.9 Å². The van der Waals surface area contributed by atoms with E-state index in [0.29, 0.717) is 5.92 Å². The Bertz CT molecular complexity index is 318. The number of hydrogen-bond acceptors (Lipinski definition) is 5. The maximum Gasteiger partial charge on any atom is 0.205 e. The molecular weight excluding hydrogens is 210 g/mol. The highest BCUT2D eigenvalue weighted by atomic mass is 32.1. The number of aryl methyl sites for hydroxylation is 1. The van der Waals surface area contributed by atoms with E-state index >= 15 is 0 Å². The molecule has 1 N–H and O–H groups in total. The molecule has 1 aromatic heterocycles. The van der Waals surface area contributed by atoms with Crippen molar-refractivity contribution in [3.8, 4) is 0 Å². The summed E-state index contributed by atoms with van der Waals surface area (Å²) in [5, 5.41) is 10.5. The molecule has 1 unspecified atom stereocenters. The summed E-state index contributed by atoms with van der Waals surface area (Å²) in [5.74, 6) is 1.31. The Morgan fingerprint density at radius 1 is 1.47 bits per heavy atom. The van der Waals surface area contributed by atoms with Gasteiger partial charge in [0.25, 0.3) is 0 Å². The fraction of sp³-hybridized carbons (Fsp3) is 0.800. The average Bonchev–Trinajstić information content (AvgIpc) is 2.65. The molecule has 0 saturated carbocycles. The topological polar surface area (TPSA) is 49.2 Å². The lowest BCUT2D eigenvalue weighted by Crippen LogP contribution is -2.36. The minimum Gasteiger partial charge on any atom is -0.393 e. The Morgan fingerprint density at radius 3 is 2.60 bits per heavy atom. The Balaban J connectivity index is 1.93. The van der Waals surface area contributed by atoms with Gasteiger partial charge in [-0.2, -0.15) is 4.37 Å². The normalized spacial score (nSPS) is 20.6. The first kappa shape index (κ1) is 10.8. The lowest BCUT2D eigenvalue weighted by Gasteiger charge is -2.32. The van der Waals surface area contributed by atoms with Gasteiger partial charge in [0.1, 0.15) is 5.82 Å². The van der Waals surface area contributed by atoms with Crippen molar-refractivity contribution in [2.24, 2.45) is 5.92 Å². The summed E-state index contributed by atoms with van der Waals surface area (Å²) in [6.07, 6.45) is 1.93. The van der Waals surface area contributed by atoms with Gasteiger partial charge >= 0.3 is 0 Å². The first-order chi connectivity index (χ1) is 7.16. The molecule has 0 bridgehead atoms. The number of aliphatic hydroxyl groups excluding tert-OH is 1. The second-order valence-electron chi connectivity index (χ2n) is 4.19. The predicted octanol–water partition coefficient (Wildman–Crippen LogP) is 1.44. The highest BCUT2D eigenvalue weighted by molar-refractivity contribution is 7.09. The Morgan fingerprint density at radius 2 is 2.13 bits per heavy atom. The first-order valence-electron chi connectivity index (χ1n) is 5.40. The average molecular weight is 227 g/mol. The van der Waals surface area contributed by atoms with E-state index in [1.165, 1.54) is 11.5 Å². The lowest BCUT2D eigenvalue weighted by atomic mass is 9.92. The first-order valence-corrected chi connectivity index (χ1v) is 6.17. The monoisotopic (exact) mass is 227 g/mol. The van der Waals surface area contributed by atoms with Gasteiger partial charge < -0.3 is 10.0 Å². The second-order valence-corrected chi connectivity index (χ2v) is 4.92. The summed E-state index contributed by atoms with van der Waals surface area (Å²) in [7, 11) is 0. The third-order valence-corrected chi connectivity index (χ3v) is 3.88. The van der Waals surface area contributed by atoms with Gasteiger partial charge in [0.05, 0.1) is 6.10 Å². The predicted molar refractivity (Wildman–Crippen MR) is 61.3 cm³/mol. The molecule has 0 amide bonds. The fourth-order valence-corrected chi connectivity index (χ4v) is 2.71. The molecule has 0 aliphatic carbocycles. The highest BCUT2D eigenvalue weighted by Crippen LogP contribution is 2.26. The molecule has 0 spiro atoms. The molecule has 1 fully saturated rings. The minimum absolute atomic E-state index is 0.177. The molecule has 5 heteroatoms. The van der Waals surface area contributed by atoms with Crippen LogP contribution >= 0.6 is 11.5 Å². The van der Waals surface area contributed by atoms with Gasteiger partial charge in [-0.05, 0) is 32.6 Å². The zero-order valence-electron chi connectivity index (χ0n) is 9.18. The zero-order valence-corrected chi connectivity index (χ0v) is 10.00. The number of nitrogens with zero attached hydrogens (tertiary/aromatic N) is 3. The Kier molecular flexibility index (Phi) is 3.21. The van der Waals surface area contributed by atoms with Crippen molar-refractivity contribution in [2.75, 3.05) is 18.0 Å². The van der Waals surface area contributed by atoms with E-state index in [2.05, 4.69) is 14.3 Å². The number of piperidine rings is 1. The minimum atomic E-state index is -0.177. The molecule has 15 heavy (non-hydrogen) atoms. The molecule has 1 aliphatic rings. The van der Waals surface area contributed by atoms with Gasteiger partial charge in [0.2, 0.25) is 5.13 Å². The molecule has 2 rings (SSSR count). The molecule has 0 aromatic carbocycles. The van der Waals surface area contributed by atoms with Gasteiger partial charge in [-0.15, -0.1) is 0 Å². The van der Waals surface area contributed by atoms with Crippen LogP contribution in [-0.2, 0) is 0 Å². The molecule has 84 valence electrons. The Labute approximate surface area is 94.1 Å². The van der Waals surface area contributed by atoms with Crippen molar-refractivity contribution >= 4 is 16.7 Å². The summed E-state index contributed by atoms with van der Waals surface area (Å²) in [6.45, 7) is 5.78. The van der Waals surface area contributed by atoms with Crippen molar-refractivity contribution in [1.82, 2.24) is 9.36 Å². The van der Waals surface area contributed by atoms with Crippen LogP contribution in [0.5, 0.6) is 0 Å². The summed E-state index contributed by atoms with van der Waals surface area (Å²) < 4.78 is 4.19. The fourth-order valence-electron chi connectivity index (χ4n) is 1.99. The number of anilines is 1. The molecule has 2 heterocycles. The lowest BCUT2D eigenvalue weighted by molar-refractivity contribution is 0.110. The molecule has 1 aromatic rings. The van der Waals surface area contributed by atoms with Crippen molar-refractivity contribution in [2.45, 2.75) is 32.8 Å². The Hall–Kier alpha value is -0.680. The summed E-state index contributed by atoms with van der Waals surface area (Å²) in [4.78, 5) is 6.64. The quantitative estimate of drug-likeness (QED) is 0.830. The maximum absolute atomic E-state index is 9.49. The largest absolute Gasteiger partial charge is 0.393 e. The van der Waals surface area contributed by atoms with Crippen molar-refractivity contribution < 1.29 is 5.11 Å². The summed E-state index contributed by atoms with van der Waals surface area (Å²) in [5.41, 5.74) is 0. The van der Waals surface area contributed by atoms with Crippen LogP contribution in [0, 0.1) is 12.8 Å². The number of hydrogen-bond donors (Lipinski definition) is 1. The third-order valence-electron chi connectivity index (χ3n) is 3.01. The zero-order chi connectivity index (χ0) is 10.8. The molecule has 1 saturated heterocycles. The standard InChI is InChI=1S/C10H17N3OS/c1-7(14)9-3-5-13(6-4-9)10-11-8(2)12-15-10/h7,9,14H,3-6H2,1-2H3. The van der Waals surface area contributed by atoms with Crippen LogP contribution in [0.1, 0.15) is 25.6 Å². The SMILES string of the molecule is Cc1nsc(N2CCC(C(C)O)CC2)n1. The molecule has 4 nitrogen and oxygen atoms in total. The van der Waals surface area contributed by atoms with E-state index < -0.39 is 0 Å². The maximum atomic E-state index is 9.49. The van der Waals surface area contributed by atoms with Gasteiger partial charge in [-0.25, -0.2) is 4.98 Å². The van der Waals surface area contributed by atoms with Crippen molar-refractivity contribution in [1.29, 1.82) is 0 Å². The second kappa shape index (κ2) is 4.45. The van der Waals surface area contributed by atoms with Crippen LogP contribution in [0.2, 0.25) is 0 Å². The highest BCUT2D eigenvalue weighted by Gasteiger charge is 2.24. The van der Waals surface area contributed by atoms with Gasteiger partial charge in [-0.3, -0.25) is 0 Å². The summed E-state index contributed by atoms with van der Waals surface area (Å²) in [6, 6.07) is 0. The van der Waals surface area contributed by atoms with Gasteiger partial charge in [0.15, 0.2) is 0 Å². The smallest absolute Gasteiger partial charge is 0.205 e. The van der Waals surface area contributed by atoms with E-state index in [1.54, 1.807) is 0 Å². The van der Waals surface area contributed by atoms with Gasteiger partial charge in [-0.1, -0.05) is 0 Å². The molecule has 1 atom stereocenters. The van der Waals surface area contributed by atoms with Crippen LogP contribution in [-0.4, -0.2) is 33.7 Å². The van der Waals surface area contributed by atoms with Crippen LogP contribution in [0.25, 0.3) is 0 Å². The van der Waals surface area contributed by atoms with Crippen molar-refractivity contribution in [3.63, 3.8) is 0 Å². The van der Waals surface area contributed by atoms with Crippen LogP contribution < -0.4 is 4.90 Å². The molecular formula is C10H17N3OS. The van der Waals surface area contributed by atoms with Crippen LogP contribution in [0.3, 0.4) is 0 Å². The van der Waals surface area contributed by atoms with Crippen LogP contribution in [0.4, 0.5) is 5.13 Å². The van der Waals surface area contributed by atoms with E-state index in [1.807, 2.05) is 13.8 Å². The third kappa shape index (κ3) is 2.46. The van der Waals surface area contributed by atoms with E-state index in [-0.39, 0.29) is 6.10 Å². The molecule has 0 radical (unpaired) electrons. The number of rotatable bonds is 2.